The van der Waals surface area contributed by atoms with Gasteiger partial charge in [0.15, 0.2) is 5.13 Å². The summed E-state index contributed by atoms with van der Waals surface area (Å²) in [6, 6.07) is 0. The molecule has 1 aromatic rings. The van der Waals surface area contributed by atoms with E-state index in [2.05, 4.69) is 23.7 Å². The van der Waals surface area contributed by atoms with Crippen LogP contribution < -0.4 is 4.90 Å². The Bertz CT molecular complexity index is 438. The number of aromatic carboxylic acids is 1. The van der Waals surface area contributed by atoms with Gasteiger partial charge in [0.05, 0.1) is 5.69 Å². The molecule has 100 valence electrons. The number of hydrogen-bond acceptors (Lipinski definition) is 4. The second-order valence-electron chi connectivity index (χ2n) is 5.39. The van der Waals surface area contributed by atoms with Gasteiger partial charge in [0.25, 0.3) is 0 Å². The number of thiazole rings is 1. The molecule has 0 amide bonds. The topological polar surface area (TPSA) is 53.4 Å². The van der Waals surface area contributed by atoms with Crippen LogP contribution in [0.15, 0.2) is 0 Å². The van der Waals surface area contributed by atoms with Gasteiger partial charge >= 0.3 is 5.97 Å². The smallest absolute Gasteiger partial charge is 0.347 e. The van der Waals surface area contributed by atoms with Gasteiger partial charge in [-0.3, -0.25) is 0 Å². The van der Waals surface area contributed by atoms with Crippen LogP contribution in [-0.4, -0.2) is 29.7 Å². The van der Waals surface area contributed by atoms with Crippen molar-refractivity contribution < 1.29 is 9.90 Å². The SMILES string of the molecule is CC(C)CCN(C)c1nc(C2CC2)c(C(=O)O)s1. The van der Waals surface area contributed by atoms with Crippen molar-refractivity contribution in [1.82, 2.24) is 4.98 Å². The van der Waals surface area contributed by atoms with E-state index < -0.39 is 5.97 Å². The third-order valence-corrected chi connectivity index (χ3v) is 4.34. The van der Waals surface area contributed by atoms with E-state index in [0.29, 0.717) is 16.7 Å². The fourth-order valence-corrected chi connectivity index (χ4v) is 2.80. The number of aromatic nitrogens is 1. The standard InChI is InChI=1S/C13H20N2O2S/c1-8(2)6-7-15(3)13-14-10(9-4-5-9)11(18-13)12(16)17/h8-9H,4-7H2,1-3H3,(H,16,17). The molecule has 0 spiro atoms. The first-order valence-electron chi connectivity index (χ1n) is 6.44. The lowest BCUT2D eigenvalue weighted by atomic mass is 10.1. The summed E-state index contributed by atoms with van der Waals surface area (Å²) in [5, 5.41) is 10.1. The van der Waals surface area contributed by atoms with Crippen molar-refractivity contribution >= 4 is 22.4 Å². The Balaban J connectivity index is 2.13. The largest absolute Gasteiger partial charge is 0.477 e. The minimum Gasteiger partial charge on any atom is -0.477 e. The van der Waals surface area contributed by atoms with Crippen molar-refractivity contribution in [2.75, 3.05) is 18.5 Å². The number of carbonyl (C=O) groups is 1. The molecule has 0 unspecified atom stereocenters. The van der Waals surface area contributed by atoms with Gasteiger partial charge in [-0.2, -0.15) is 0 Å². The number of anilines is 1. The van der Waals surface area contributed by atoms with Gasteiger partial charge in [0.2, 0.25) is 0 Å². The Hall–Kier alpha value is -1.10. The van der Waals surface area contributed by atoms with Crippen molar-refractivity contribution in [3.63, 3.8) is 0 Å². The molecule has 4 nitrogen and oxygen atoms in total. The third-order valence-electron chi connectivity index (χ3n) is 3.17. The number of carboxylic acids is 1. The summed E-state index contributed by atoms with van der Waals surface area (Å²) in [6.07, 6.45) is 3.26. The van der Waals surface area contributed by atoms with Gasteiger partial charge in [-0.25, -0.2) is 9.78 Å². The first-order chi connectivity index (χ1) is 8.49. The second-order valence-corrected chi connectivity index (χ2v) is 6.37. The maximum Gasteiger partial charge on any atom is 0.347 e. The third kappa shape index (κ3) is 3.02. The van der Waals surface area contributed by atoms with Gasteiger partial charge in [-0.1, -0.05) is 25.2 Å². The summed E-state index contributed by atoms with van der Waals surface area (Å²) >= 11 is 1.31. The fraction of sp³-hybridized carbons (Fsp3) is 0.692. The van der Waals surface area contributed by atoms with E-state index in [-0.39, 0.29) is 0 Å². The summed E-state index contributed by atoms with van der Waals surface area (Å²) in [4.78, 5) is 18.2. The summed E-state index contributed by atoms with van der Waals surface area (Å²) in [6.45, 7) is 5.30. The Kier molecular flexibility index (Phi) is 3.90. The predicted molar refractivity (Wildman–Crippen MR) is 73.8 cm³/mol. The highest BCUT2D eigenvalue weighted by molar-refractivity contribution is 7.17. The first-order valence-corrected chi connectivity index (χ1v) is 7.25. The monoisotopic (exact) mass is 268 g/mol. The van der Waals surface area contributed by atoms with E-state index in [1.54, 1.807) is 0 Å². The lowest BCUT2D eigenvalue weighted by Gasteiger charge is -2.16. The maximum absolute atomic E-state index is 11.2. The highest BCUT2D eigenvalue weighted by Gasteiger charge is 2.32. The molecular formula is C13H20N2O2S. The van der Waals surface area contributed by atoms with Crippen molar-refractivity contribution in [2.45, 2.75) is 39.0 Å². The van der Waals surface area contributed by atoms with E-state index in [1.807, 2.05) is 7.05 Å². The highest BCUT2D eigenvalue weighted by Crippen LogP contribution is 2.44. The molecule has 1 heterocycles. The van der Waals surface area contributed by atoms with Crippen molar-refractivity contribution in [2.24, 2.45) is 5.92 Å². The van der Waals surface area contributed by atoms with Gasteiger partial charge in [-0.15, -0.1) is 0 Å². The van der Waals surface area contributed by atoms with Crippen molar-refractivity contribution in [3.05, 3.63) is 10.6 Å². The summed E-state index contributed by atoms with van der Waals surface area (Å²) in [5.74, 6) is 0.201. The van der Waals surface area contributed by atoms with Crippen LogP contribution in [-0.2, 0) is 0 Å². The highest BCUT2D eigenvalue weighted by atomic mass is 32.1. The zero-order valence-corrected chi connectivity index (χ0v) is 12.0. The van der Waals surface area contributed by atoms with Gasteiger partial charge in [0.1, 0.15) is 4.88 Å². The average molecular weight is 268 g/mol. The molecule has 0 bridgehead atoms. The van der Waals surface area contributed by atoms with Gasteiger partial charge < -0.3 is 10.0 Å². The van der Waals surface area contributed by atoms with E-state index in [9.17, 15) is 9.90 Å². The fourth-order valence-electron chi connectivity index (χ4n) is 1.82. The Morgan fingerprint density at radius 2 is 2.22 bits per heavy atom. The second kappa shape index (κ2) is 5.26. The predicted octanol–water partition coefficient (Wildman–Crippen LogP) is 3.20. The van der Waals surface area contributed by atoms with E-state index in [0.717, 1.165) is 36.6 Å². The van der Waals surface area contributed by atoms with Crippen LogP contribution in [0.5, 0.6) is 0 Å². The molecule has 1 saturated carbocycles. The quantitative estimate of drug-likeness (QED) is 0.860. The lowest BCUT2D eigenvalue weighted by Crippen LogP contribution is -2.19. The molecule has 0 aliphatic heterocycles. The minimum atomic E-state index is -0.835. The zero-order chi connectivity index (χ0) is 13.3. The molecule has 0 atom stereocenters. The van der Waals surface area contributed by atoms with Gasteiger partial charge in [-0.05, 0) is 25.2 Å². The first kappa shape index (κ1) is 13.3. The molecule has 0 saturated heterocycles. The molecule has 0 radical (unpaired) electrons. The molecular weight excluding hydrogens is 248 g/mol. The molecule has 1 aliphatic carbocycles. The van der Waals surface area contributed by atoms with Crippen LogP contribution in [0.25, 0.3) is 0 Å². The molecule has 5 heteroatoms. The van der Waals surface area contributed by atoms with Crippen LogP contribution in [0, 0.1) is 5.92 Å². The van der Waals surface area contributed by atoms with Crippen LogP contribution in [0.1, 0.15) is 54.4 Å². The Morgan fingerprint density at radius 3 is 2.72 bits per heavy atom. The average Bonchev–Trinajstić information content (AvgIpc) is 3.04. The van der Waals surface area contributed by atoms with Gasteiger partial charge in [0, 0.05) is 19.5 Å². The number of carboxylic acid groups (broad SMARTS) is 1. The molecule has 1 fully saturated rings. The van der Waals surface area contributed by atoms with Crippen molar-refractivity contribution in [3.8, 4) is 0 Å². The molecule has 0 aromatic carbocycles. The zero-order valence-electron chi connectivity index (χ0n) is 11.1. The van der Waals surface area contributed by atoms with Crippen LogP contribution >= 0.6 is 11.3 Å². The molecule has 1 N–H and O–H groups in total. The van der Waals surface area contributed by atoms with Crippen LogP contribution in [0.3, 0.4) is 0 Å². The Labute approximate surface area is 112 Å². The summed E-state index contributed by atoms with van der Waals surface area (Å²) in [5.41, 5.74) is 0.805. The Morgan fingerprint density at radius 1 is 1.56 bits per heavy atom. The van der Waals surface area contributed by atoms with E-state index in [4.69, 9.17) is 0 Å². The number of hydrogen-bond donors (Lipinski definition) is 1. The lowest BCUT2D eigenvalue weighted by molar-refractivity contribution is 0.0700. The molecule has 1 aromatic heterocycles. The number of rotatable bonds is 6. The minimum absolute atomic E-state index is 0.389. The summed E-state index contributed by atoms with van der Waals surface area (Å²) in [7, 11) is 1.99. The van der Waals surface area contributed by atoms with Crippen LogP contribution in [0.4, 0.5) is 5.13 Å². The van der Waals surface area contributed by atoms with Crippen LogP contribution in [0.2, 0.25) is 0 Å². The molecule has 1 aliphatic rings. The molecule has 2 rings (SSSR count). The number of nitrogens with zero attached hydrogens (tertiary/aromatic N) is 2. The van der Waals surface area contributed by atoms with E-state index in [1.165, 1.54) is 11.3 Å². The molecule has 18 heavy (non-hydrogen) atoms. The summed E-state index contributed by atoms with van der Waals surface area (Å²) < 4.78 is 0. The maximum atomic E-state index is 11.2. The normalized spacial score (nSPS) is 15.1. The van der Waals surface area contributed by atoms with E-state index >= 15 is 0 Å². The van der Waals surface area contributed by atoms with Crippen molar-refractivity contribution in [1.29, 1.82) is 0 Å².